The lowest BCUT2D eigenvalue weighted by Crippen LogP contribution is -2.05. The van der Waals surface area contributed by atoms with Gasteiger partial charge < -0.3 is 10.3 Å². The first-order valence-electron chi connectivity index (χ1n) is 4.13. The number of nitrogens with zero attached hydrogens (tertiary/aromatic N) is 1. The van der Waals surface area contributed by atoms with Crippen LogP contribution >= 0.6 is 0 Å². The van der Waals surface area contributed by atoms with E-state index >= 15 is 0 Å². The molecular formula is C9H16N2. The van der Waals surface area contributed by atoms with Crippen molar-refractivity contribution in [1.82, 2.24) is 4.57 Å². The first kappa shape index (κ1) is 8.34. The monoisotopic (exact) mass is 152 g/mol. The van der Waals surface area contributed by atoms with Crippen LogP contribution in [0.2, 0.25) is 0 Å². The summed E-state index contributed by atoms with van der Waals surface area (Å²) in [5.74, 6) is 0. The minimum Gasteiger partial charge on any atom is -0.350 e. The minimum absolute atomic E-state index is 0.639. The molecule has 0 bridgehead atoms. The quantitative estimate of drug-likeness (QED) is 0.698. The molecule has 0 aromatic carbocycles. The van der Waals surface area contributed by atoms with Crippen molar-refractivity contribution in [2.45, 2.75) is 26.3 Å². The summed E-state index contributed by atoms with van der Waals surface area (Å²) in [6, 6.07) is 4.26. The smallest absolute Gasteiger partial charge is 0.0334 e. The van der Waals surface area contributed by atoms with Crippen LogP contribution < -0.4 is 5.73 Å². The molecule has 11 heavy (non-hydrogen) atoms. The molecule has 0 unspecified atom stereocenters. The molecule has 1 heterocycles. The average molecular weight is 152 g/mol. The highest BCUT2D eigenvalue weighted by atomic mass is 15.0. The van der Waals surface area contributed by atoms with Crippen LogP contribution in [-0.4, -0.2) is 4.57 Å². The van der Waals surface area contributed by atoms with Gasteiger partial charge in [0, 0.05) is 25.0 Å². The molecule has 1 aromatic heterocycles. The summed E-state index contributed by atoms with van der Waals surface area (Å²) in [5, 5.41) is 0. The molecular weight excluding hydrogens is 136 g/mol. The predicted molar refractivity (Wildman–Crippen MR) is 47.3 cm³/mol. The summed E-state index contributed by atoms with van der Waals surface area (Å²) in [4.78, 5) is 0. The molecule has 2 nitrogen and oxygen atoms in total. The van der Waals surface area contributed by atoms with Crippen LogP contribution in [0.25, 0.3) is 0 Å². The van der Waals surface area contributed by atoms with Gasteiger partial charge in [-0.25, -0.2) is 0 Å². The lowest BCUT2D eigenvalue weighted by Gasteiger charge is -2.04. The fourth-order valence-corrected chi connectivity index (χ4v) is 1.31. The second-order valence-corrected chi connectivity index (χ2v) is 2.83. The molecule has 0 saturated carbocycles. The van der Waals surface area contributed by atoms with Crippen LogP contribution in [0.4, 0.5) is 0 Å². The zero-order valence-electron chi connectivity index (χ0n) is 7.30. The van der Waals surface area contributed by atoms with E-state index in [4.69, 9.17) is 5.73 Å². The van der Waals surface area contributed by atoms with Gasteiger partial charge in [0.1, 0.15) is 0 Å². The van der Waals surface area contributed by atoms with Crippen LogP contribution in [0.15, 0.2) is 12.1 Å². The Balaban J connectivity index is 2.82. The van der Waals surface area contributed by atoms with Gasteiger partial charge in [0.05, 0.1) is 0 Å². The number of aryl methyl sites for hydroxylation is 1. The van der Waals surface area contributed by atoms with Crippen LogP contribution in [-0.2, 0) is 20.0 Å². The molecule has 0 radical (unpaired) electrons. The summed E-state index contributed by atoms with van der Waals surface area (Å²) < 4.78 is 2.18. The van der Waals surface area contributed by atoms with Crippen LogP contribution in [0.1, 0.15) is 24.7 Å². The maximum Gasteiger partial charge on any atom is 0.0334 e. The number of nitrogens with two attached hydrogens (primary N) is 1. The first-order chi connectivity index (χ1) is 5.29. The van der Waals surface area contributed by atoms with Crippen molar-refractivity contribution in [2.24, 2.45) is 12.8 Å². The van der Waals surface area contributed by atoms with Crippen molar-refractivity contribution in [3.8, 4) is 0 Å². The van der Waals surface area contributed by atoms with Gasteiger partial charge in [0.25, 0.3) is 0 Å². The third kappa shape index (κ3) is 1.63. The summed E-state index contributed by atoms with van der Waals surface area (Å²) >= 11 is 0. The molecule has 2 N–H and O–H groups in total. The number of rotatable bonds is 3. The Hall–Kier alpha value is -0.760. The second kappa shape index (κ2) is 3.58. The van der Waals surface area contributed by atoms with Crippen molar-refractivity contribution in [1.29, 1.82) is 0 Å². The topological polar surface area (TPSA) is 30.9 Å². The largest absolute Gasteiger partial charge is 0.350 e. The van der Waals surface area contributed by atoms with Gasteiger partial charge in [-0.3, -0.25) is 0 Å². The zero-order valence-corrected chi connectivity index (χ0v) is 7.30. The maximum absolute atomic E-state index is 5.54. The van der Waals surface area contributed by atoms with E-state index in [9.17, 15) is 0 Å². The normalized spacial score (nSPS) is 10.5. The first-order valence-corrected chi connectivity index (χ1v) is 4.13. The lowest BCUT2D eigenvalue weighted by atomic mass is 10.2. The van der Waals surface area contributed by atoms with E-state index in [2.05, 4.69) is 30.7 Å². The molecule has 0 amide bonds. The lowest BCUT2D eigenvalue weighted by molar-refractivity contribution is 0.744. The molecule has 2 heteroatoms. The highest BCUT2D eigenvalue weighted by Gasteiger charge is 2.00. The molecule has 62 valence electrons. The Kier molecular flexibility index (Phi) is 2.71. The SMILES string of the molecule is CCCc1ccc(CN)n1C. The van der Waals surface area contributed by atoms with Gasteiger partial charge in [-0.2, -0.15) is 0 Å². The second-order valence-electron chi connectivity index (χ2n) is 2.83. The molecule has 0 aliphatic heterocycles. The molecule has 0 atom stereocenters. The Morgan fingerprint density at radius 1 is 1.36 bits per heavy atom. The van der Waals surface area contributed by atoms with Gasteiger partial charge in [-0.15, -0.1) is 0 Å². The Labute approximate surface area is 68.0 Å². The van der Waals surface area contributed by atoms with E-state index < -0.39 is 0 Å². The molecule has 1 aromatic rings. The highest BCUT2D eigenvalue weighted by Crippen LogP contribution is 2.08. The summed E-state index contributed by atoms with van der Waals surface area (Å²) in [7, 11) is 2.08. The van der Waals surface area contributed by atoms with Crippen LogP contribution in [0, 0.1) is 0 Å². The molecule has 0 aliphatic rings. The van der Waals surface area contributed by atoms with Crippen molar-refractivity contribution >= 4 is 0 Å². The van der Waals surface area contributed by atoms with E-state index in [0.717, 1.165) is 6.42 Å². The summed E-state index contributed by atoms with van der Waals surface area (Å²) in [6.07, 6.45) is 2.35. The molecule has 0 spiro atoms. The van der Waals surface area contributed by atoms with Crippen molar-refractivity contribution in [2.75, 3.05) is 0 Å². The van der Waals surface area contributed by atoms with Gasteiger partial charge >= 0.3 is 0 Å². The Morgan fingerprint density at radius 3 is 2.45 bits per heavy atom. The number of aromatic nitrogens is 1. The van der Waals surface area contributed by atoms with E-state index in [0.29, 0.717) is 6.54 Å². The van der Waals surface area contributed by atoms with Gasteiger partial charge in [-0.05, 0) is 18.6 Å². The summed E-state index contributed by atoms with van der Waals surface area (Å²) in [5.41, 5.74) is 8.14. The molecule has 1 rings (SSSR count). The van der Waals surface area contributed by atoms with Gasteiger partial charge in [0.15, 0.2) is 0 Å². The fourth-order valence-electron chi connectivity index (χ4n) is 1.31. The van der Waals surface area contributed by atoms with E-state index in [1.54, 1.807) is 0 Å². The zero-order chi connectivity index (χ0) is 8.27. The molecule has 0 saturated heterocycles. The highest BCUT2D eigenvalue weighted by molar-refractivity contribution is 5.15. The number of hydrogen-bond donors (Lipinski definition) is 1. The maximum atomic E-state index is 5.54. The minimum atomic E-state index is 0.639. The standard InChI is InChI=1S/C9H16N2/c1-3-4-8-5-6-9(7-10)11(8)2/h5-6H,3-4,7,10H2,1-2H3. The molecule has 0 aliphatic carbocycles. The fraction of sp³-hybridized carbons (Fsp3) is 0.556. The molecule has 0 fully saturated rings. The third-order valence-electron chi connectivity index (χ3n) is 2.05. The van der Waals surface area contributed by atoms with Gasteiger partial charge in [-0.1, -0.05) is 13.3 Å². The van der Waals surface area contributed by atoms with Crippen LogP contribution in [0.3, 0.4) is 0 Å². The Morgan fingerprint density at radius 2 is 2.00 bits per heavy atom. The van der Waals surface area contributed by atoms with Crippen molar-refractivity contribution in [3.05, 3.63) is 23.5 Å². The number of hydrogen-bond acceptors (Lipinski definition) is 1. The average Bonchev–Trinajstić information content (AvgIpc) is 2.34. The summed E-state index contributed by atoms with van der Waals surface area (Å²) in [6.45, 7) is 2.83. The third-order valence-corrected chi connectivity index (χ3v) is 2.05. The van der Waals surface area contributed by atoms with Crippen molar-refractivity contribution in [3.63, 3.8) is 0 Å². The predicted octanol–water partition coefficient (Wildman–Crippen LogP) is 1.44. The van der Waals surface area contributed by atoms with Crippen LogP contribution in [0.5, 0.6) is 0 Å². The Bertz CT molecular complexity index is 225. The van der Waals surface area contributed by atoms with E-state index in [1.807, 2.05) is 0 Å². The van der Waals surface area contributed by atoms with Gasteiger partial charge in [0.2, 0.25) is 0 Å². The van der Waals surface area contributed by atoms with E-state index in [1.165, 1.54) is 17.8 Å². The van der Waals surface area contributed by atoms with E-state index in [-0.39, 0.29) is 0 Å². The van der Waals surface area contributed by atoms with Crippen molar-refractivity contribution < 1.29 is 0 Å².